The van der Waals surface area contributed by atoms with E-state index in [9.17, 15) is 4.79 Å². The molecule has 0 aromatic carbocycles. The molecule has 2 heterocycles. The quantitative estimate of drug-likeness (QED) is 0.898. The van der Waals surface area contributed by atoms with Crippen molar-refractivity contribution in [1.82, 2.24) is 9.88 Å². The third kappa shape index (κ3) is 3.64. The van der Waals surface area contributed by atoms with Gasteiger partial charge in [0.15, 0.2) is 0 Å². The summed E-state index contributed by atoms with van der Waals surface area (Å²) in [6.07, 6.45) is 4.86. The molecule has 18 heavy (non-hydrogen) atoms. The van der Waals surface area contributed by atoms with Gasteiger partial charge in [-0.25, -0.2) is 0 Å². The normalized spacial score (nSPS) is 19.4. The lowest BCUT2D eigenvalue weighted by molar-refractivity contribution is 0.0664. The zero-order valence-electron chi connectivity index (χ0n) is 10.2. The Labute approximate surface area is 118 Å². The van der Waals surface area contributed by atoms with Crippen molar-refractivity contribution in [3.8, 4) is 0 Å². The van der Waals surface area contributed by atoms with Crippen molar-refractivity contribution in [2.75, 3.05) is 19.6 Å². The second-order valence-electron chi connectivity index (χ2n) is 4.57. The molecule has 1 amide bonds. The number of carbonyl (C=O) groups is 1. The minimum atomic E-state index is 0. The largest absolute Gasteiger partial charge is 0.356 e. The van der Waals surface area contributed by atoms with Crippen molar-refractivity contribution in [2.24, 2.45) is 11.7 Å². The number of piperidine rings is 1. The zero-order chi connectivity index (χ0) is 12.3. The lowest BCUT2D eigenvalue weighted by atomic mass is 9.95. The predicted molar refractivity (Wildman–Crippen MR) is 75.3 cm³/mol. The summed E-state index contributed by atoms with van der Waals surface area (Å²) < 4.78 is 0. The third-order valence-electron chi connectivity index (χ3n) is 3.26. The molecule has 1 saturated heterocycles. The number of nitrogens with two attached hydrogens (primary N) is 1. The maximum atomic E-state index is 12.2. The molecule has 1 aliphatic rings. The number of nitrogens with zero attached hydrogens (tertiary/aromatic N) is 1. The van der Waals surface area contributed by atoms with E-state index in [-0.39, 0.29) is 18.3 Å². The molecule has 102 valence electrons. The molecule has 0 radical (unpaired) electrons. The van der Waals surface area contributed by atoms with Gasteiger partial charge in [0, 0.05) is 19.3 Å². The molecule has 1 aliphatic heterocycles. The Morgan fingerprint density at radius 1 is 1.61 bits per heavy atom. The first-order chi connectivity index (χ1) is 8.20. The number of likely N-dealkylation sites (tertiary alicyclic amines) is 1. The van der Waals surface area contributed by atoms with Gasteiger partial charge in [0.1, 0.15) is 5.69 Å². The minimum absolute atomic E-state index is 0. The van der Waals surface area contributed by atoms with Crippen molar-refractivity contribution < 1.29 is 4.79 Å². The van der Waals surface area contributed by atoms with Crippen LogP contribution in [-0.4, -0.2) is 35.4 Å². The maximum absolute atomic E-state index is 12.2. The highest BCUT2D eigenvalue weighted by molar-refractivity contribution is 6.30. The standard InChI is InChI=1S/C12H18ClN3O.ClH/c13-10-6-11(15-7-10)12(17)16-5-1-2-9(8-16)3-4-14;/h6-7,9,15H,1-5,8,14H2;1H. The highest BCUT2D eigenvalue weighted by Crippen LogP contribution is 2.21. The number of rotatable bonds is 3. The summed E-state index contributed by atoms with van der Waals surface area (Å²) in [5, 5.41) is 0.573. The summed E-state index contributed by atoms with van der Waals surface area (Å²) >= 11 is 5.80. The summed E-state index contributed by atoms with van der Waals surface area (Å²) in [6, 6.07) is 1.68. The molecule has 1 aromatic heterocycles. The Bertz CT molecular complexity index is 392. The van der Waals surface area contributed by atoms with E-state index in [0.29, 0.717) is 23.2 Å². The number of nitrogens with one attached hydrogen (secondary N) is 1. The number of aromatic amines is 1. The second-order valence-corrected chi connectivity index (χ2v) is 5.00. The van der Waals surface area contributed by atoms with Crippen molar-refractivity contribution in [1.29, 1.82) is 0 Å². The molecule has 6 heteroatoms. The van der Waals surface area contributed by atoms with Crippen molar-refractivity contribution in [2.45, 2.75) is 19.3 Å². The van der Waals surface area contributed by atoms with Crippen LogP contribution in [0.4, 0.5) is 0 Å². The fourth-order valence-electron chi connectivity index (χ4n) is 2.38. The Balaban J connectivity index is 0.00000162. The molecule has 0 bridgehead atoms. The van der Waals surface area contributed by atoms with Gasteiger partial charge in [-0.05, 0) is 37.8 Å². The van der Waals surface area contributed by atoms with E-state index in [1.54, 1.807) is 12.3 Å². The number of aromatic nitrogens is 1. The number of hydrogen-bond acceptors (Lipinski definition) is 2. The lowest BCUT2D eigenvalue weighted by Gasteiger charge is -2.32. The molecule has 3 N–H and O–H groups in total. The van der Waals surface area contributed by atoms with Crippen LogP contribution in [0.5, 0.6) is 0 Å². The summed E-state index contributed by atoms with van der Waals surface area (Å²) in [6.45, 7) is 2.34. The smallest absolute Gasteiger partial charge is 0.270 e. The number of amides is 1. The van der Waals surface area contributed by atoms with Crippen LogP contribution >= 0.6 is 24.0 Å². The highest BCUT2D eigenvalue weighted by atomic mass is 35.5. The van der Waals surface area contributed by atoms with Gasteiger partial charge >= 0.3 is 0 Å². The Hall–Kier alpha value is -0.710. The number of H-pyrrole nitrogens is 1. The molecule has 2 rings (SSSR count). The molecule has 0 aliphatic carbocycles. The van der Waals surface area contributed by atoms with Gasteiger partial charge in [-0.3, -0.25) is 4.79 Å². The second kappa shape index (κ2) is 7.02. The van der Waals surface area contributed by atoms with Crippen LogP contribution in [0.25, 0.3) is 0 Å². The van der Waals surface area contributed by atoms with Crippen LogP contribution in [0.2, 0.25) is 5.02 Å². The van der Waals surface area contributed by atoms with E-state index in [2.05, 4.69) is 4.98 Å². The van der Waals surface area contributed by atoms with Gasteiger partial charge in [0.05, 0.1) is 5.02 Å². The molecular formula is C12H19Cl2N3O. The average molecular weight is 292 g/mol. The predicted octanol–water partition coefficient (Wildman–Crippen LogP) is 2.29. The van der Waals surface area contributed by atoms with Crippen LogP contribution in [-0.2, 0) is 0 Å². The minimum Gasteiger partial charge on any atom is -0.356 e. The number of carbonyl (C=O) groups excluding carboxylic acids is 1. The first-order valence-corrected chi connectivity index (χ1v) is 6.41. The van der Waals surface area contributed by atoms with Crippen LogP contribution in [0.1, 0.15) is 29.8 Å². The Morgan fingerprint density at radius 2 is 2.39 bits per heavy atom. The molecule has 1 fully saturated rings. The van der Waals surface area contributed by atoms with Gasteiger partial charge in [-0.1, -0.05) is 11.6 Å². The molecule has 0 spiro atoms. The maximum Gasteiger partial charge on any atom is 0.270 e. The SMILES string of the molecule is Cl.NCCC1CCCN(C(=O)c2cc(Cl)c[nH]2)C1. The number of hydrogen-bond donors (Lipinski definition) is 2. The van der Waals surface area contributed by atoms with Crippen LogP contribution in [0, 0.1) is 5.92 Å². The fourth-order valence-corrected chi connectivity index (χ4v) is 2.55. The Kier molecular flexibility index (Phi) is 5.99. The van der Waals surface area contributed by atoms with E-state index >= 15 is 0 Å². The molecule has 1 atom stereocenters. The van der Waals surface area contributed by atoms with Crippen LogP contribution in [0.3, 0.4) is 0 Å². The lowest BCUT2D eigenvalue weighted by Crippen LogP contribution is -2.40. The molecular weight excluding hydrogens is 273 g/mol. The summed E-state index contributed by atoms with van der Waals surface area (Å²) in [5.41, 5.74) is 6.14. The number of halogens is 2. The van der Waals surface area contributed by atoms with Gasteiger partial charge in [-0.15, -0.1) is 12.4 Å². The average Bonchev–Trinajstić information content (AvgIpc) is 2.76. The zero-order valence-corrected chi connectivity index (χ0v) is 11.8. The highest BCUT2D eigenvalue weighted by Gasteiger charge is 2.24. The van der Waals surface area contributed by atoms with E-state index in [1.165, 1.54) is 6.42 Å². The summed E-state index contributed by atoms with van der Waals surface area (Å²) in [4.78, 5) is 17.0. The van der Waals surface area contributed by atoms with E-state index < -0.39 is 0 Å². The Morgan fingerprint density at radius 3 is 3.00 bits per heavy atom. The van der Waals surface area contributed by atoms with Crippen molar-refractivity contribution in [3.63, 3.8) is 0 Å². The van der Waals surface area contributed by atoms with Gasteiger partial charge in [0.2, 0.25) is 0 Å². The van der Waals surface area contributed by atoms with Gasteiger partial charge in [-0.2, -0.15) is 0 Å². The van der Waals surface area contributed by atoms with Crippen LogP contribution < -0.4 is 5.73 Å². The summed E-state index contributed by atoms with van der Waals surface area (Å²) in [7, 11) is 0. The topological polar surface area (TPSA) is 62.1 Å². The van der Waals surface area contributed by atoms with Crippen LogP contribution in [0.15, 0.2) is 12.3 Å². The molecule has 0 saturated carbocycles. The third-order valence-corrected chi connectivity index (χ3v) is 3.48. The molecule has 1 unspecified atom stereocenters. The van der Waals surface area contributed by atoms with Gasteiger partial charge in [0.25, 0.3) is 5.91 Å². The molecule has 1 aromatic rings. The van der Waals surface area contributed by atoms with Crippen molar-refractivity contribution >= 4 is 29.9 Å². The summed E-state index contributed by atoms with van der Waals surface area (Å²) in [5.74, 6) is 0.585. The first-order valence-electron chi connectivity index (χ1n) is 6.04. The van der Waals surface area contributed by atoms with Gasteiger partial charge < -0.3 is 15.6 Å². The van der Waals surface area contributed by atoms with E-state index in [4.69, 9.17) is 17.3 Å². The van der Waals surface area contributed by atoms with E-state index in [0.717, 1.165) is 25.9 Å². The van der Waals surface area contributed by atoms with Crippen molar-refractivity contribution in [3.05, 3.63) is 23.0 Å². The monoisotopic (exact) mass is 291 g/mol. The fraction of sp³-hybridized carbons (Fsp3) is 0.583. The van der Waals surface area contributed by atoms with E-state index in [1.807, 2.05) is 4.90 Å². The molecule has 4 nitrogen and oxygen atoms in total. The first kappa shape index (κ1) is 15.3.